The SMILES string of the molecule is CCc1ccc(CN2CCN(C(C)C(=O)O)CC2)o1. The Morgan fingerprint density at radius 2 is 1.95 bits per heavy atom. The second-order valence-electron chi connectivity index (χ2n) is 5.05. The van der Waals surface area contributed by atoms with E-state index >= 15 is 0 Å². The molecule has 0 bridgehead atoms. The fourth-order valence-corrected chi connectivity index (χ4v) is 2.38. The molecular weight excluding hydrogens is 244 g/mol. The lowest BCUT2D eigenvalue weighted by Crippen LogP contribution is -2.51. The molecule has 5 nitrogen and oxygen atoms in total. The minimum absolute atomic E-state index is 0.391. The maximum atomic E-state index is 10.9. The van der Waals surface area contributed by atoms with Crippen LogP contribution >= 0.6 is 0 Å². The molecule has 0 saturated carbocycles. The summed E-state index contributed by atoms with van der Waals surface area (Å²) in [4.78, 5) is 15.3. The molecule has 1 N–H and O–H groups in total. The average molecular weight is 266 g/mol. The molecule has 0 radical (unpaired) electrons. The van der Waals surface area contributed by atoms with Gasteiger partial charge in [-0.15, -0.1) is 0 Å². The molecule has 2 heterocycles. The zero-order valence-corrected chi connectivity index (χ0v) is 11.6. The van der Waals surface area contributed by atoms with Crippen LogP contribution in [0.3, 0.4) is 0 Å². The number of hydrogen-bond donors (Lipinski definition) is 1. The van der Waals surface area contributed by atoms with E-state index < -0.39 is 12.0 Å². The van der Waals surface area contributed by atoms with Crippen molar-refractivity contribution in [2.24, 2.45) is 0 Å². The van der Waals surface area contributed by atoms with Crippen LogP contribution < -0.4 is 0 Å². The van der Waals surface area contributed by atoms with E-state index in [2.05, 4.69) is 11.8 Å². The van der Waals surface area contributed by atoms with Crippen LogP contribution in [-0.2, 0) is 17.8 Å². The Morgan fingerprint density at radius 1 is 1.32 bits per heavy atom. The van der Waals surface area contributed by atoms with E-state index in [0.29, 0.717) is 0 Å². The highest BCUT2D eigenvalue weighted by Crippen LogP contribution is 2.13. The maximum absolute atomic E-state index is 10.9. The van der Waals surface area contributed by atoms with Gasteiger partial charge in [0.05, 0.1) is 6.54 Å². The molecule has 1 aromatic rings. The fraction of sp³-hybridized carbons (Fsp3) is 0.643. The monoisotopic (exact) mass is 266 g/mol. The summed E-state index contributed by atoms with van der Waals surface area (Å²) in [6, 6.07) is 3.67. The molecule has 5 heteroatoms. The Labute approximate surface area is 113 Å². The zero-order valence-electron chi connectivity index (χ0n) is 11.6. The molecule has 0 aliphatic carbocycles. The van der Waals surface area contributed by atoms with Crippen molar-refractivity contribution in [1.82, 2.24) is 9.80 Å². The van der Waals surface area contributed by atoms with E-state index in [1.54, 1.807) is 6.92 Å². The van der Waals surface area contributed by atoms with Gasteiger partial charge in [-0.05, 0) is 19.1 Å². The lowest BCUT2D eigenvalue weighted by atomic mass is 10.2. The van der Waals surface area contributed by atoms with Gasteiger partial charge in [0.15, 0.2) is 0 Å². The van der Waals surface area contributed by atoms with Gasteiger partial charge in [-0.25, -0.2) is 0 Å². The molecule has 1 aromatic heterocycles. The van der Waals surface area contributed by atoms with E-state index in [-0.39, 0.29) is 0 Å². The van der Waals surface area contributed by atoms with E-state index in [9.17, 15) is 4.79 Å². The smallest absolute Gasteiger partial charge is 0.320 e. The number of carboxylic acids is 1. The van der Waals surface area contributed by atoms with Gasteiger partial charge in [-0.1, -0.05) is 6.92 Å². The van der Waals surface area contributed by atoms with Crippen LogP contribution in [0.5, 0.6) is 0 Å². The third-order valence-corrected chi connectivity index (χ3v) is 3.76. The van der Waals surface area contributed by atoms with E-state index in [1.807, 2.05) is 17.0 Å². The number of carboxylic acid groups (broad SMARTS) is 1. The largest absolute Gasteiger partial charge is 0.480 e. The molecule has 1 saturated heterocycles. The van der Waals surface area contributed by atoms with Gasteiger partial charge in [-0.2, -0.15) is 0 Å². The molecular formula is C14H22N2O3. The first-order valence-corrected chi connectivity index (χ1v) is 6.87. The number of aryl methyl sites for hydroxylation is 1. The predicted molar refractivity (Wildman–Crippen MR) is 72.0 cm³/mol. The minimum atomic E-state index is -0.743. The summed E-state index contributed by atoms with van der Waals surface area (Å²) in [5.74, 6) is 1.27. The topological polar surface area (TPSA) is 56.9 Å². The normalized spacial score (nSPS) is 19.5. The van der Waals surface area contributed by atoms with Crippen molar-refractivity contribution in [3.8, 4) is 0 Å². The van der Waals surface area contributed by atoms with Crippen LogP contribution in [0.1, 0.15) is 25.4 Å². The number of hydrogen-bond acceptors (Lipinski definition) is 4. The third-order valence-electron chi connectivity index (χ3n) is 3.76. The Balaban J connectivity index is 1.81. The molecule has 1 atom stereocenters. The number of rotatable bonds is 5. The van der Waals surface area contributed by atoms with Crippen molar-refractivity contribution in [1.29, 1.82) is 0 Å². The number of nitrogens with zero attached hydrogens (tertiary/aromatic N) is 2. The number of carbonyl (C=O) groups is 1. The molecule has 1 unspecified atom stereocenters. The number of piperazine rings is 1. The summed E-state index contributed by atoms with van der Waals surface area (Å²) < 4.78 is 5.70. The summed E-state index contributed by atoms with van der Waals surface area (Å²) in [7, 11) is 0. The highest BCUT2D eigenvalue weighted by atomic mass is 16.4. The highest BCUT2D eigenvalue weighted by molar-refractivity contribution is 5.72. The van der Waals surface area contributed by atoms with Crippen molar-refractivity contribution >= 4 is 5.97 Å². The molecule has 1 aliphatic rings. The lowest BCUT2D eigenvalue weighted by molar-refractivity contribution is -0.143. The maximum Gasteiger partial charge on any atom is 0.320 e. The van der Waals surface area contributed by atoms with Crippen molar-refractivity contribution in [2.75, 3.05) is 26.2 Å². The van der Waals surface area contributed by atoms with Crippen LogP contribution in [0.15, 0.2) is 16.5 Å². The van der Waals surface area contributed by atoms with Crippen molar-refractivity contribution in [3.05, 3.63) is 23.7 Å². The molecule has 106 valence electrons. The molecule has 0 amide bonds. The minimum Gasteiger partial charge on any atom is -0.480 e. The van der Waals surface area contributed by atoms with Gasteiger partial charge in [0.2, 0.25) is 0 Å². The van der Waals surface area contributed by atoms with Gasteiger partial charge in [0.1, 0.15) is 17.6 Å². The van der Waals surface area contributed by atoms with Gasteiger partial charge < -0.3 is 9.52 Å². The number of aliphatic carboxylic acids is 1. The second-order valence-corrected chi connectivity index (χ2v) is 5.05. The highest BCUT2D eigenvalue weighted by Gasteiger charge is 2.25. The van der Waals surface area contributed by atoms with Crippen molar-refractivity contribution in [2.45, 2.75) is 32.9 Å². The standard InChI is InChI=1S/C14H22N2O3/c1-3-12-4-5-13(19-12)10-15-6-8-16(9-7-15)11(2)14(17)18/h4-5,11H,3,6-10H2,1-2H3,(H,17,18). The van der Waals surface area contributed by atoms with E-state index in [1.165, 1.54) is 0 Å². The summed E-state index contributed by atoms with van der Waals surface area (Å²) in [5.41, 5.74) is 0. The van der Waals surface area contributed by atoms with Gasteiger partial charge >= 0.3 is 5.97 Å². The Hall–Kier alpha value is -1.33. The van der Waals surface area contributed by atoms with Crippen LogP contribution in [0.2, 0.25) is 0 Å². The average Bonchev–Trinajstić information content (AvgIpc) is 2.86. The first-order chi connectivity index (χ1) is 9.10. The summed E-state index contributed by atoms with van der Waals surface area (Å²) in [6.07, 6.45) is 0.921. The van der Waals surface area contributed by atoms with Crippen molar-refractivity contribution < 1.29 is 14.3 Å². The Bertz CT molecular complexity index is 422. The van der Waals surface area contributed by atoms with E-state index in [0.717, 1.165) is 50.7 Å². The molecule has 2 rings (SSSR count). The van der Waals surface area contributed by atoms with Crippen LogP contribution in [0.4, 0.5) is 0 Å². The quantitative estimate of drug-likeness (QED) is 0.873. The molecule has 1 fully saturated rings. The molecule has 19 heavy (non-hydrogen) atoms. The third kappa shape index (κ3) is 3.58. The molecule has 1 aliphatic heterocycles. The van der Waals surface area contributed by atoms with Crippen LogP contribution in [-0.4, -0.2) is 53.1 Å². The van der Waals surface area contributed by atoms with Crippen LogP contribution in [0.25, 0.3) is 0 Å². The van der Waals surface area contributed by atoms with Crippen molar-refractivity contribution in [3.63, 3.8) is 0 Å². The second kappa shape index (κ2) is 6.21. The van der Waals surface area contributed by atoms with Gasteiger partial charge in [0, 0.05) is 32.6 Å². The Morgan fingerprint density at radius 3 is 2.47 bits per heavy atom. The van der Waals surface area contributed by atoms with Crippen LogP contribution in [0, 0.1) is 0 Å². The predicted octanol–water partition coefficient (Wildman–Crippen LogP) is 1.43. The van der Waals surface area contributed by atoms with Gasteiger partial charge in [0.25, 0.3) is 0 Å². The fourth-order valence-electron chi connectivity index (χ4n) is 2.38. The van der Waals surface area contributed by atoms with Gasteiger partial charge in [-0.3, -0.25) is 14.6 Å². The Kier molecular flexibility index (Phi) is 4.61. The first-order valence-electron chi connectivity index (χ1n) is 6.87. The molecule has 0 aromatic carbocycles. The zero-order chi connectivity index (χ0) is 13.8. The number of furan rings is 1. The first kappa shape index (κ1) is 14.1. The molecule has 0 spiro atoms. The lowest BCUT2D eigenvalue weighted by Gasteiger charge is -2.36. The summed E-state index contributed by atoms with van der Waals surface area (Å²) >= 11 is 0. The van der Waals surface area contributed by atoms with E-state index in [4.69, 9.17) is 9.52 Å². The summed E-state index contributed by atoms with van der Waals surface area (Å²) in [6.45, 7) is 8.02. The summed E-state index contributed by atoms with van der Waals surface area (Å²) in [5, 5.41) is 8.99.